The summed E-state index contributed by atoms with van der Waals surface area (Å²) in [7, 11) is -1.96. The molecular formula is C27H28N4O3S. The number of hydrogen-bond donors (Lipinski definition) is 1. The zero-order valence-electron chi connectivity index (χ0n) is 19.5. The quantitative estimate of drug-likeness (QED) is 0.595. The van der Waals surface area contributed by atoms with Gasteiger partial charge in [-0.25, -0.2) is 13.4 Å². The molecule has 2 heterocycles. The van der Waals surface area contributed by atoms with Crippen LogP contribution in [-0.4, -0.2) is 49.6 Å². The zero-order valence-corrected chi connectivity index (χ0v) is 20.4. The number of carbonyl (C=O) groups is 1. The van der Waals surface area contributed by atoms with E-state index in [-0.39, 0.29) is 22.7 Å². The van der Waals surface area contributed by atoms with Crippen molar-refractivity contribution < 1.29 is 13.2 Å². The SMILES string of the molecule is CN1C(=O)C(c2cccc(-c3ccccc3)c2)(C2CCN(S(=O)(=O)c3ccccc3)CC2)N=C1N. The van der Waals surface area contributed by atoms with Gasteiger partial charge in [-0.1, -0.05) is 66.7 Å². The van der Waals surface area contributed by atoms with Gasteiger partial charge in [0.05, 0.1) is 4.90 Å². The van der Waals surface area contributed by atoms with Gasteiger partial charge in [0.2, 0.25) is 10.0 Å². The van der Waals surface area contributed by atoms with Gasteiger partial charge in [-0.05, 0) is 47.7 Å². The van der Waals surface area contributed by atoms with Crippen molar-refractivity contribution in [3.63, 3.8) is 0 Å². The van der Waals surface area contributed by atoms with Crippen LogP contribution in [0.2, 0.25) is 0 Å². The molecule has 1 saturated heterocycles. The molecule has 0 spiro atoms. The highest BCUT2D eigenvalue weighted by molar-refractivity contribution is 7.89. The number of amides is 1. The fraction of sp³-hybridized carbons (Fsp3) is 0.259. The van der Waals surface area contributed by atoms with Gasteiger partial charge in [-0.15, -0.1) is 0 Å². The second kappa shape index (κ2) is 8.94. The van der Waals surface area contributed by atoms with E-state index >= 15 is 0 Å². The summed E-state index contributed by atoms with van der Waals surface area (Å²) in [5.41, 5.74) is 7.80. The van der Waals surface area contributed by atoms with Gasteiger partial charge in [0.25, 0.3) is 5.91 Å². The van der Waals surface area contributed by atoms with E-state index in [9.17, 15) is 13.2 Å². The third kappa shape index (κ3) is 3.92. The molecule has 1 unspecified atom stereocenters. The first kappa shape index (κ1) is 23.3. The molecule has 0 radical (unpaired) electrons. The fourth-order valence-corrected chi connectivity index (χ4v) is 6.67. The summed E-state index contributed by atoms with van der Waals surface area (Å²) in [6.07, 6.45) is 0.996. The molecule has 1 amide bonds. The zero-order chi connectivity index (χ0) is 24.6. The number of rotatable bonds is 5. The predicted octanol–water partition coefficient (Wildman–Crippen LogP) is 3.44. The van der Waals surface area contributed by atoms with Crippen molar-refractivity contribution in [2.75, 3.05) is 20.1 Å². The molecule has 0 aromatic heterocycles. The van der Waals surface area contributed by atoms with Crippen molar-refractivity contribution in [2.24, 2.45) is 16.6 Å². The Morgan fingerprint density at radius 2 is 1.49 bits per heavy atom. The summed E-state index contributed by atoms with van der Waals surface area (Å²) < 4.78 is 27.8. The Kier molecular flexibility index (Phi) is 5.94. The molecular weight excluding hydrogens is 460 g/mol. The second-order valence-electron chi connectivity index (χ2n) is 9.04. The first-order valence-electron chi connectivity index (χ1n) is 11.7. The minimum absolute atomic E-state index is 0.176. The van der Waals surface area contributed by atoms with E-state index in [2.05, 4.69) is 0 Å². The fourth-order valence-electron chi connectivity index (χ4n) is 5.17. The van der Waals surface area contributed by atoms with Crippen molar-refractivity contribution >= 4 is 21.9 Å². The van der Waals surface area contributed by atoms with Crippen molar-refractivity contribution in [3.05, 3.63) is 90.5 Å². The molecule has 2 aliphatic heterocycles. The highest BCUT2D eigenvalue weighted by atomic mass is 32.2. The number of aliphatic imine (C=N–C) groups is 1. The number of hydrogen-bond acceptors (Lipinski definition) is 5. The van der Waals surface area contributed by atoms with Crippen LogP contribution in [0.25, 0.3) is 11.1 Å². The molecule has 2 N–H and O–H groups in total. The first-order valence-corrected chi connectivity index (χ1v) is 13.1. The Morgan fingerprint density at radius 3 is 2.09 bits per heavy atom. The molecule has 0 bridgehead atoms. The van der Waals surface area contributed by atoms with E-state index in [0.29, 0.717) is 25.9 Å². The van der Waals surface area contributed by atoms with E-state index in [4.69, 9.17) is 10.7 Å². The molecule has 5 rings (SSSR count). The average Bonchev–Trinajstić information content (AvgIpc) is 3.14. The monoisotopic (exact) mass is 488 g/mol. The summed E-state index contributed by atoms with van der Waals surface area (Å²) in [5.74, 6) is -0.184. The molecule has 7 nitrogen and oxygen atoms in total. The van der Waals surface area contributed by atoms with Gasteiger partial charge in [0, 0.05) is 26.1 Å². The standard InChI is InChI=1S/C27H28N4O3S/c1-30-25(32)27(29-26(30)28,23-12-8-11-21(19-23)20-9-4-2-5-10-20)22-15-17-31(18-16-22)35(33,34)24-13-6-3-7-14-24/h2-14,19,22H,15-18H2,1H3,(H2,28,29). The maximum absolute atomic E-state index is 13.7. The normalized spacial score (nSPS) is 21.8. The highest BCUT2D eigenvalue weighted by Crippen LogP contribution is 2.45. The van der Waals surface area contributed by atoms with Crippen LogP contribution >= 0.6 is 0 Å². The highest BCUT2D eigenvalue weighted by Gasteiger charge is 2.54. The van der Waals surface area contributed by atoms with Crippen LogP contribution in [-0.2, 0) is 20.4 Å². The van der Waals surface area contributed by atoms with Crippen LogP contribution in [0.15, 0.2) is 94.8 Å². The minimum Gasteiger partial charge on any atom is -0.369 e. The van der Waals surface area contributed by atoms with Crippen molar-refractivity contribution in [1.82, 2.24) is 9.21 Å². The summed E-state index contributed by atoms with van der Waals surface area (Å²) in [6, 6.07) is 26.3. The number of sulfonamides is 1. The number of piperidine rings is 1. The van der Waals surface area contributed by atoms with E-state index < -0.39 is 15.6 Å². The van der Waals surface area contributed by atoms with E-state index in [1.54, 1.807) is 37.4 Å². The summed E-state index contributed by atoms with van der Waals surface area (Å²) >= 11 is 0. The Labute approximate surface area is 205 Å². The van der Waals surface area contributed by atoms with Crippen LogP contribution in [0.4, 0.5) is 0 Å². The molecule has 2 aliphatic rings. The third-order valence-corrected chi connectivity index (χ3v) is 9.01. The van der Waals surface area contributed by atoms with Gasteiger partial charge in [0.1, 0.15) is 0 Å². The van der Waals surface area contributed by atoms with Gasteiger partial charge < -0.3 is 5.73 Å². The van der Waals surface area contributed by atoms with E-state index in [1.165, 1.54) is 9.21 Å². The van der Waals surface area contributed by atoms with E-state index in [0.717, 1.165) is 16.7 Å². The maximum Gasteiger partial charge on any atom is 0.261 e. The average molecular weight is 489 g/mol. The Morgan fingerprint density at radius 1 is 0.886 bits per heavy atom. The summed E-state index contributed by atoms with van der Waals surface area (Å²) in [4.78, 5) is 20.1. The lowest BCUT2D eigenvalue weighted by atomic mass is 9.73. The van der Waals surface area contributed by atoms with Gasteiger partial charge in [0.15, 0.2) is 11.5 Å². The van der Waals surface area contributed by atoms with E-state index in [1.807, 2.05) is 54.6 Å². The number of benzene rings is 3. The summed E-state index contributed by atoms with van der Waals surface area (Å²) in [6.45, 7) is 0.628. The summed E-state index contributed by atoms with van der Waals surface area (Å²) in [5, 5.41) is 0. The van der Waals surface area contributed by atoms with Crippen molar-refractivity contribution in [1.29, 1.82) is 0 Å². The number of likely N-dealkylation sites (N-methyl/N-ethyl adjacent to an activating group) is 1. The molecule has 1 atom stereocenters. The number of nitrogens with zero attached hydrogens (tertiary/aromatic N) is 3. The maximum atomic E-state index is 13.7. The Hall–Kier alpha value is -3.49. The van der Waals surface area contributed by atoms with Crippen molar-refractivity contribution in [3.8, 4) is 11.1 Å². The Bertz CT molecular complexity index is 1370. The number of carbonyl (C=O) groups excluding carboxylic acids is 1. The molecule has 8 heteroatoms. The van der Waals surface area contributed by atoms with Gasteiger partial charge in [-0.2, -0.15) is 4.31 Å². The molecule has 35 heavy (non-hydrogen) atoms. The van der Waals surface area contributed by atoms with Crippen LogP contribution < -0.4 is 5.73 Å². The van der Waals surface area contributed by atoms with Crippen LogP contribution in [0.3, 0.4) is 0 Å². The molecule has 0 aliphatic carbocycles. The number of nitrogens with two attached hydrogens (primary N) is 1. The second-order valence-corrected chi connectivity index (χ2v) is 11.0. The van der Waals surface area contributed by atoms with Crippen molar-refractivity contribution in [2.45, 2.75) is 23.3 Å². The topological polar surface area (TPSA) is 96.1 Å². The largest absolute Gasteiger partial charge is 0.369 e. The minimum atomic E-state index is -3.59. The van der Waals surface area contributed by atoms with Gasteiger partial charge in [-0.3, -0.25) is 9.69 Å². The van der Waals surface area contributed by atoms with Crippen LogP contribution in [0.1, 0.15) is 18.4 Å². The lowest BCUT2D eigenvalue weighted by molar-refractivity contribution is -0.133. The molecule has 180 valence electrons. The lowest BCUT2D eigenvalue weighted by Crippen LogP contribution is -2.49. The molecule has 1 fully saturated rings. The first-order chi connectivity index (χ1) is 16.8. The number of guanidine groups is 1. The third-order valence-electron chi connectivity index (χ3n) is 7.10. The smallest absolute Gasteiger partial charge is 0.261 e. The molecule has 3 aromatic carbocycles. The Balaban J connectivity index is 1.49. The predicted molar refractivity (Wildman–Crippen MR) is 136 cm³/mol. The van der Waals surface area contributed by atoms with Gasteiger partial charge >= 0.3 is 0 Å². The lowest BCUT2D eigenvalue weighted by Gasteiger charge is -2.39. The molecule has 3 aromatic rings. The molecule has 0 saturated carbocycles. The van der Waals surface area contributed by atoms with Crippen LogP contribution in [0, 0.1) is 5.92 Å². The van der Waals surface area contributed by atoms with Crippen LogP contribution in [0.5, 0.6) is 0 Å².